The average Bonchev–Trinajstić information content (AvgIpc) is 3.44. The monoisotopic (exact) mass is 554 g/mol. The molecule has 0 saturated carbocycles. The van der Waals surface area contributed by atoms with E-state index in [2.05, 4.69) is 155 Å². The lowest BCUT2D eigenvalue weighted by molar-refractivity contribution is 1.30. The summed E-state index contributed by atoms with van der Waals surface area (Å²) in [6.45, 7) is 0. The van der Waals surface area contributed by atoms with Crippen molar-refractivity contribution < 1.29 is 0 Å². The Balaban J connectivity index is 1.29. The quantitative estimate of drug-likeness (QED) is 0.210. The fraction of sp³-hybridized carbons (Fsp3) is 0. The average molecular weight is 555 g/mol. The van der Waals surface area contributed by atoms with Crippen LogP contribution in [0.15, 0.2) is 158 Å². The van der Waals surface area contributed by atoms with Gasteiger partial charge in [0.15, 0.2) is 0 Å². The van der Waals surface area contributed by atoms with Gasteiger partial charge in [-0.3, -0.25) is 0 Å². The zero-order valence-electron chi connectivity index (χ0n) is 22.8. The molecule has 0 spiro atoms. The number of aromatic nitrogens is 1. The van der Waals surface area contributed by atoms with E-state index in [1.807, 2.05) is 12.3 Å². The zero-order valence-corrected chi connectivity index (χ0v) is 23.6. The first-order chi connectivity index (χ1) is 20.8. The number of thiophene rings is 1. The van der Waals surface area contributed by atoms with E-state index in [9.17, 15) is 0 Å². The predicted octanol–water partition coefficient (Wildman–Crippen LogP) is 11.4. The third-order valence-electron chi connectivity index (χ3n) is 7.91. The van der Waals surface area contributed by atoms with Crippen LogP contribution in [-0.4, -0.2) is 4.98 Å². The molecule has 0 amide bonds. The summed E-state index contributed by atoms with van der Waals surface area (Å²) in [5, 5.41) is 4.87. The summed E-state index contributed by atoms with van der Waals surface area (Å²) in [5.74, 6) is 0. The lowest BCUT2D eigenvalue weighted by Crippen LogP contribution is -2.09. The number of rotatable bonds is 5. The summed E-state index contributed by atoms with van der Waals surface area (Å²) in [7, 11) is 0. The zero-order chi connectivity index (χ0) is 27.9. The minimum Gasteiger partial charge on any atom is -0.310 e. The number of fused-ring (bicyclic) bond motifs is 4. The van der Waals surface area contributed by atoms with Crippen molar-refractivity contribution >= 4 is 59.5 Å². The molecule has 0 saturated heterocycles. The van der Waals surface area contributed by atoms with Crippen molar-refractivity contribution in [2.45, 2.75) is 0 Å². The van der Waals surface area contributed by atoms with Gasteiger partial charge in [-0.25, -0.2) is 4.98 Å². The highest BCUT2D eigenvalue weighted by Crippen LogP contribution is 2.41. The molecule has 0 aliphatic rings. The fourth-order valence-electron chi connectivity index (χ4n) is 5.80. The summed E-state index contributed by atoms with van der Waals surface area (Å²) >= 11 is 1.75. The third kappa shape index (κ3) is 4.41. The molecule has 2 heterocycles. The Morgan fingerprint density at radius 3 is 1.83 bits per heavy atom. The molecule has 0 unspecified atom stereocenters. The molecule has 8 rings (SSSR count). The lowest BCUT2D eigenvalue weighted by Gasteiger charge is -2.26. The van der Waals surface area contributed by atoms with E-state index >= 15 is 0 Å². The van der Waals surface area contributed by atoms with Gasteiger partial charge >= 0.3 is 0 Å². The van der Waals surface area contributed by atoms with Crippen LogP contribution in [-0.2, 0) is 0 Å². The van der Waals surface area contributed by atoms with Crippen LogP contribution in [0.25, 0.3) is 53.3 Å². The Labute approximate surface area is 248 Å². The van der Waals surface area contributed by atoms with Crippen LogP contribution in [0.1, 0.15) is 0 Å². The van der Waals surface area contributed by atoms with Gasteiger partial charge in [0, 0.05) is 38.7 Å². The number of hydrogen-bond acceptors (Lipinski definition) is 3. The molecule has 42 heavy (non-hydrogen) atoms. The van der Waals surface area contributed by atoms with Crippen LogP contribution in [0, 0.1) is 0 Å². The molecule has 0 radical (unpaired) electrons. The lowest BCUT2D eigenvalue weighted by atomic mass is 10.0. The van der Waals surface area contributed by atoms with Crippen LogP contribution >= 0.6 is 11.3 Å². The summed E-state index contributed by atoms with van der Waals surface area (Å²) in [4.78, 5) is 8.06. The van der Waals surface area contributed by atoms with E-state index in [1.54, 1.807) is 11.3 Å². The first-order valence-corrected chi connectivity index (χ1v) is 14.9. The molecule has 2 nitrogen and oxygen atoms in total. The second-order valence-corrected chi connectivity index (χ2v) is 11.5. The van der Waals surface area contributed by atoms with Gasteiger partial charge in [-0.15, -0.1) is 11.3 Å². The number of nitrogens with zero attached hydrogens (tertiary/aromatic N) is 2. The molecule has 8 aromatic rings. The highest BCUT2D eigenvalue weighted by molar-refractivity contribution is 7.25. The minimum absolute atomic E-state index is 1.07. The topological polar surface area (TPSA) is 16.1 Å². The van der Waals surface area contributed by atoms with Crippen molar-refractivity contribution in [1.29, 1.82) is 0 Å². The fourth-order valence-corrected chi connectivity index (χ4v) is 6.83. The SMILES string of the molecule is c1ccc(-c2ccc(N(c3ccc4ccc(-c5ccccc5)cc4c3)c3ccc4sc5ncccc5c4c3)cc2)cc1. The molecule has 198 valence electrons. The van der Waals surface area contributed by atoms with E-state index in [-0.39, 0.29) is 0 Å². The molecule has 0 N–H and O–H groups in total. The molecule has 0 aliphatic heterocycles. The van der Waals surface area contributed by atoms with Gasteiger partial charge in [0.05, 0.1) is 0 Å². The third-order valence-corrected chi connectivity index (χ3v) is 9.01. The summed E-state index contributed by atoms with van der Waals surface area (Å²) in [6, 6.07) is 54.5. The van der Waals surface area contributed by atoms with Gasteiger partial charge in [0.2, 0.25) is 0 Å². The maximum Gasteiger partial charge on any atom is 0.124 e. The Bertz CT molecular complexity index is 2180. The maximum atomic E-state index is 4.62. The second-order valence-electron chi connectivity index (χ2n) is 10.5. The molecule has 6 aromatic carbocycles. The normalized spacial score (nSPS) is 11.3. The summed E-state index contributed by atoms with van der Waals surface area (Å²) < 4.78 is 1.25. The molecule has 0 fully saturated rings. The van der Waals surface area contributed by atoms with Crippen LogP contribution in [0.4, 0.5) is 17.1 Å². The van der Waals surface area contributed by atoms with Crippen LogP contribution in [0.5, 0.6) is 0 Å². The van der Waals surface area contributed by atoms with Crippen LogP contribution < -0.4 is 4.90 Å². The Morgan fingerprint density at radius 2 is 1.05 bits per heavy atom. The standard InChI is InChI=1S/C39H26N2S/c1-3-8-27(9-4-1)29-15-18-33(19-16-29)41(35-21-22-38-37(26-35)36-12-7-23-40-39(36)42-38)34-20-17-30-13-14-31(24-32(30)25-34)28-10-5-2-6-11-28/h1-26H. The van der Waals surface area contributed by atoms with Crippen molar-refractivity contribution in [2.24, 2.45) is 0 Å². The highest BCUT2D eigenvalue weighted by atomic mass is 32.1. The largest absolute Gasteiger partial charge is 0.310 e. The summed E-state index contributed by atoms with van der Waals surface area (Å²) in [6.07, 6.45) is 1.87. The molecule has 0 atom stereocenters. The van der Waals surface area contributed by atoms with Gasteiger partial charge in [-0.1, -0.05) is 91.0 Å². The van der Waals surface area contributed by atoms with Crippen molar-refractivity contribution in [1.82, 2.24) is 4.98 Å². The number of pyridine rings is 1. The Kier molecular flexibility index (Phi) is 6.02. The molecular formula is C39H26N2S. The van der Waals surface area contributed by atoms with E-state index in [1.165, 1.54) is 48.5 Å². The van der Waals surface area contributed by atoms with E-state index in [0.717, 1.165) is 21.9 Å². The van der Waals surface area contributed by atoms with E-state index < -0.39 is 0 Å². The maximum absolute atomic E-state index is 4.62. The van der Waals surface area contributed by atoms with Crippen molar-refractivity contribution in [3.8, 4) is 22.3 Å². The first-order valence-electron chi connectivity index (χ1n) is 14.1. The van der Waals surface area contributed by atoms with E-state index in [4.69, 9.17) is 0 Å². The van der Waals surface area contributed by atoms with Crippen molar-refractivity contribution in [3.63, 3.8) is 0 Å². The Hall–Kier alpha value is -5.25. The van der Waals surface area contributed by atoms with Gasteiger partial charge < -0.3 is 4.90 Å². The van der Waals surface area contributed by atoms with E-state index in [0.29, 0.717) is 0 Å². The van der Waals surface area contributed by atoms with Gasteiger partial charge in [0.25, 0.3) is 0 Å². The number of hydrogen-bond donors (Lipinski definition) is 0. The Morgan fingerprint density at radius 1 is 0.429 bits per heavy atom. The van der Waals surface area contributed by atoms with Crippen LogP contribution in [0.2, 0.25) is 0 Å². The molecular weight excluding hydrogens is 529 g/mol. The number of benzene rings is 6. The summed E-state index contributed by atoms with van der Waals surface area (Å²) in [5.41, 5.74) is 8.22. The van der Waals surface area contributed by atoms with Gasteiger partial charge in [0.1, 0.15) is 4.83 Å². The van der Waals surface area contributed by atoms with Crippen LogP contribution in [0.3, 0.4) is 0 Å². The van der Waals surface area contributed by atoms with Gasteiger partial charge in [-0.2, -0.15) is 0 Å². The smallest absolute Gasteiger partial charge is 0.124 e. The predicted molar refractivity (Wildman–Crippen MR) is 180 cm³/mol. The van der Waals surface area contributed by atoms with Crippen molar-refractivity contribution in [3.05, 3.63) is 158 Å². The first kappa shape index (κ1) is 24.5. The highest BCUT2D eigenvalue weighted by Gasteiger charge is 2.16. The molecule has 0 bridgehead atoms. The number of anilines is 3. The van der Waals surface area contributed by atoms with Crippen molar-refractivity contribution in [2.75, 3.05) is 4.90 Å². The molecule has 0 aliphatic carbocycles. The molecule has 3 heteroatoms. The minimum atomic E-state index is 1.07. The second kappa shape index (κ2) is 10.3. The molecule has 2 aromatic heterocycles. The van der Waals surface area contributed by atoms with Gasteiger partial charge in [-0.05, 0) is 93.7 Å².